The van der Waals surface area contributed by atoms with E-state index < -0.39 is 16.2 Å². The topological polar surface area (TPSA) is 110 Å². The lowest BCUT2D eigenvalue weighted by atomic mass is 10.1. The van der Waals surface area contributed by atoms with Crippen LogP contribution >= 0.6 is 0 Å². The molecule has 2 heterocycles. The molecular weight excluding hydrogens is 392 g/mol. The summed E-state index contributed by atoms with van der Waals surface area (Å²) in [6.07, 6.45) is 2.21. The summed E-state index contributed by atoms with van der Waals surface area (Å²) in [5.41, 5.74) is 9.07. The average molecular weight is 412 g/mol. The molecule has 1 unspecified atom stereocenters. The number of hydrogen-bond acceptors (Lipinski definition) is 7. The van der Waals surface area contributed by atoms with Crippen molar-refractivity contribution in [2.24, 2.45) is 10.7 Å². The Morgan fingerprint density at radius 3 is 2.41 bits per heavy atom. The molecule has 8 nitrogen and oxygen atoms in total. The van der Waals surface area contributed by atoms with E-state index in [9.17, 15) is 8.42 Å². The van der Waals surface area contributed by atoms with Crippen LogP contribution in [0.4, 0.5) is 11.4 Å². The van der Waals surface area contributed by atoms with Crippen molar-refractivity contribution in [3.63, 3.8) is 0 Å². The molecule has 0 saturated carbocycles. The lowest BCUT2D eigenvalue weighted by Gasteiger charge is -2.33. The molecule has 4 rings (SSSR count). The van der Waals surface area contributed by atoms with Gasteiger partial charge in [-0.3, -0.25) is 4.72 Å². The van der Waals surface area contributed by atoms with Crippen molar-refractivity contribution < 1.29 is 17.6 Å². The number of benzene rings is 2. The smallest absolute Gasteiger partial charge is 0.229 e. The molecule has 2 aromatic carbocycles. The number of nitrogens with two attached hydrogens (primary N) is 1. The van der Waals surface area contributed by atoms with Gasteiger partial charge in [0.25, 0.3) is 0 Å². The monoisotopic (exact) mass is 412 g/mol. The van der Waals surface area contributed by atoms with E-state index in [4.69, 9.17) is 19.9 Å². The van der Waals surface area contributed by atoms with Crippen LogP contribution in [0.3, 0.4) is 0 Å². The molecule has 0 fully saturated rings. The van der Waals surface area contributed by atoms with Crippen LogP contribution in [0.25, 0.3) is 5.82 Å². The first kappa shape index (κ1) is 18.9. The largest absolute Gasteiger partial charge is 0.497 e. The highest BCUT2D eigenvalue weighted by Crippen LogP contribution is 2.33. The molecule has 9 heteroatoms. The molecule has 0 saturated heterocycles. The Balaban J connectivity index is 1.79. The van der Waals surface area contributed by atoms with E-state index in [1.807, 2.05) is 29.2 Å². The third kappa shape index (κ3) is 3.77. The van der Waals surface area contributed by atoms with Crippen molar-refractivity contribution in [2.45, 2.75) is 6.17 Å². The van der Waals surface area contributed by atoms with E-state index in [1.54, 1.807) is 43.7 Å². The Hall–Kier alpha value is -3.46. The molecule has 29 heavy (non-hydrogen) atoms. The van der Waals surface area contributed by atoms with Gasteiger partial charge >= 0.3 is 0 Å². The number of furan rings is 1. The highest BCUT2D eigenvalue weighted by Gasteiger charge is 2.27. The maximum absolute atomic E-state index is 11.5. The van der Waals surface area contributed by atoms with E-state index >= 15 is 0 Å². The van der Waals surface area contributed by atoms with Crippen LogP contribution in [0.2, 0.25) is 0 Å². The van der Waals surface area contributed by atoms with Gasteiger partial charge in [-0.15, -0.1) is 0 Å². The number of rotatable bonds is 5. The molecule has 0 radical (unpaired) electrons. The Bertz CT molecular complexity index is 1250. The van der Waals surface area contributed by atoms with E-state index in [1.165, 1.54) is 0 Å². The van der Waals surface area contributed by atoms with E-state index in [-0.39, 0.29) is 0 Å². The van der Waals surface area contributed by atoms with Crippen LogP contribution in [0.5, 0.6) is 5.75 Å². The Morgan fingerprint density at radius 2 is 1.79 bits per heavy atom. The molecule has 3 aromatic rings. The summed E-state index contributed by atoms with van der Waals surface area (Å²) < 4.78 is 36.1. The van der Waals surface area contributed by atoms with Crippen LogP contribution in [0.15, 0.2) is 70.3 Å². The van der Waals surface area contributed by atoms with Crippen LogP contribution < -0.4 is 30.9 Å². The van der Waals surface area contributed by atoms with Gasteiger partial charge in [0.05, 0.1) is 24.8 Å². The molecular formula is C20H20N4O4S. The second kappa shape index (κ2) is 7.17. The van der Waals surface area contributed by atoms with E-state index in [0.29, 0.717) is 22.3 Å². The Morgan fingerprint density at radius 1 is 1.10 bits per heavy atom. The summed E-state index contributed by atoms with van der Waals surface area (Å²) in [6, 6.07) is 16.3. The zero-order chi connectivity index (χ0) is 20.6. The molecule has 1 aliphatic rings. The predicted molar refractivity (Wildman–Crippen MR) is 110 cm³/mol. The molecule has 0 aliphatic carbocycles. The number of methoxy groups -OCH3 is 1. The zero-order valence-corrected chi connectivity index (χ0v) is 16.7. The molecule has 1 aliphatic heterocycles. The van der Waals surface area contributed by atoms with Gasteiger partial charge in [-0.05, 0) is 48.0 Å². The first-order valence-electron chi connectivity index (χ1n) is 8.78. The number of hydrogen-bond donors (Lipinski definition) is 2. The van der Waals surface area contributed by atoms with Crippen molar-refractivity contribution in [3.05, 3.63) is 77.2 Å². The summed E-state index contributed by atoms with van der Waals surface area (Å²) in [4.78, 5) is 6.61. The molecule has 1 atom stereocenters. The SMILES string of the molecule is COc1ccc(C2N=c3occc3=C(N)N2c2ccc(NS(C)(=O)=O)cc2)cc1. The maximum Gasteiger partial charge on any atom is 0.229 e. The van der Waals surface area contributed by atoms with Gasteiger partial charge < -0.3 is 19.8 Å². The fourth-order valence-corrected chi connectivity index (χ4v) is 3.77. The first-order chi connectivity index (χ1) is 13.9. The predicted octanol–water partition coefficient (Wildman–Crippen LogP) is 1.52. The fraction of sp³-hybridized carbons (Fsp3) is 0.150. The normalized spacial score (nSPS) is 16.1. The minimum Gasteiger partial charge on any atom is -0.497 e. The Kier molecular flexibility index (Phi) is 4.67. The second-order valence-electron chi connectivity index (χ2n) is 6.59. The summed E-state index contributed by atoms with van der Waals surface area (Å²) in [5, 5.41) is 0.702. The third-order valence-corrected chi connectivity index (χ3v) is 5.13. The molecule has 3 N–H and O–H groups in total. The summed E-state index contributed by atoms with van der Waals surface area (Å²) in [7, 11) is -1.74. The fourth-order valence-electron chi connectivity index (χ4n) is 3.21. The number of sulfonamides is 1. The molecule has 1 aromatic heterocycles. The van der Waals surface area contributed by atoms with Crippen molar-refractivity contribution in [1.82, 2.24) is 0 Å². The van der Waals surface area contributed by atoms with E-state index in [0.717, 1.165) is 23.3 Å². The molecule has 0 bridgehead atoms. The number of nitrogens with one attached hydrogen (secondary N) is 1. The molecule has 0 amide bonds. The minimum absolute atomic E-state index is 0.451. The highest BCUT2D eigenvalue weighted by molar-refractivity contribution is 7.92. The number of nitrogens with zero attached hydrogens (tertiary/aromatic N) is 2. The maximum atomic E-state index is 11.5. The van der Waals surface area contributed by atoms with Gasteiger partial charge in [0, 0.05) is 11.4 Å². The highest BCUT2D eigenvalue weighted by atomic mass is 32.2. The van der Waals surface area contributed by atoms with Crippen LogP contribution in [0.1, 0.15) is 11.7 Å². The average Bonchev–Trinajstić information content (AvgIpc) is 3.17. The quantitative estimate of drug-likeness (QED) is 0.658. The van der Waals surface area contributed by atoms with Crippen molar-refractivity contribution in [2.75, 3.05) is 23.0 Å². The van der Waals surface area contributed by atoms with Gasteiger partial charge in [-0.25, -0.2) is 13.4 Å². The van der Waals surface area contributed by atoms with Gasteiger partial charge in [0.1, 0.15) is 11.6 Å². The van der Waals surface area contributed by atoms with Gasteiger partial charge in [-0.2, -0.15) is 0 Å². The standard InChI is InChI=1S/C20H20N4O4S/c1-27-16-9-3-13(4-10-16)19-22-20-17(11-12-28-20)18(21)24(19)15-7-5-14(6-8-15)23-29(2,25)26/h3-12,19,23H,21H2,1-2H3. The lowest BCUT2D eigenvalue weighted by Crippen LogP contribution is -2.43. The lowest BCUT2D eigenvalue weighted by molar-refractivity contribution is 0.414. The minimum atomic E-state index is -3.35. The zero-order valence-electron chi connectivity index (χ0n) is 15.9. The number of fused-ring (bicyclic) bond motifs is 1. The number of ether oxygens (including phenoxy) is 1. The third-order valence-electron chi connectivity index (χ3n) is 4.53. The molecule has 0 spiro atoms. The number of anilines is 2. The van der Waals surface area contributed by atoms with Gasteiger partial charge in [0.2, 0.25) is 15.6 Å². The van der Waals surface area contributed by atoms with Crippen LogP contribution in [-0.2, 0) is 10.0 Å². The van der Waals surface area contributed by atoms with Crippen LogP contribution in [0, 0.1) is 0 Å². The second-order valence-corrected chi connectivity index (χ2v) is 8.34. The van der Waals surface area contributed by atoms with E-state index in [2.05, 4.69) is 4.72 Å². The van der Waals surface area contributed by atoms with Gasteiger partial charge in [0.15, 0.2) is 6.17 Å². The summed E-state index contributed by atoms with van der Waals surface area (Å²) in [6.45, 7) is 0. The van der Waals surface area contributed by atoms with Crippen LogP contribution in [-0.4, -0.2) is 21.8 Å². The summed E-state index contributed by atoms with van der Waals surface area (Å²) in [5.74, 6) is 1.23. The van der Waals surface area contributed by atoms with Crippen molar-refractivity contribution in [1.29, 1.82) is 0 Å². The Labute approximate surface area is 168 Å². The summed E-state index contributed by atoms with van der Waals surface area (Å²) >= 11 is 0. The molecule has 150 valence electrons. The first-order valence-corrected chi connectivity index (χ1v) is 10.7. The van der Waals surface area contributed by atoms with Crippen molar-refractivity contribution >= 4 is 27.2 Å². The van der Waals surface area contributed by atoms with Gasteiger partial charge in [-0.1, -0.05) is 12.1 Å². The van der Waals surface area contributed by atoms with Crippen molar-refractivity contribution in [3.8, 4) is 5.75 Å².